The van der Waals surface area contributed by atoms with E-state index in [2.05, 4.69) is 44.8 Å². The number of nitrogens with one attached hydrogen (secondary N) is 2. The van der Waals surface area contributed by atoms with Crippen LogP contribution in [0.4, 0.5) is 4.79 Å². The summed E-state index contributed by atoms with van der Waals surface area (Å²) in [6.07, 6.45) is 4.08. The molecular weight excluding hydrogens is 388 g/mol. The second-order valence-electron chi connectivity index (χ2n) is 8.62. The zero-order valence-corrected chi connectivity index (χ0v) is 17.4. The Morgan fingerprint density at radius 3 is 2.52 bits per heavy atom. The van der Waals surface area contributed by atoms with Crippen molar-refractivity contribution in [1.29, 1.82) is 0 Å². The van der Waals surface area contributed by atoms with Crippen molar-refractivity contribution in [1.82, 2.24) is 20.5 Å². The van der Waals surface area contributed by atoms with E-state index in [1.54, 1.807) is 0 Å². The SMILES string of the molecule is O=C1NC(=O)[C@@](Cc2ccccc2)(C2CCN(Cc3ccc4ncccc4c3)CC2)N1. The van der Waals surface area contributed by atoms with E-state index in [1.165, 1.54) is 5.56 Å². The smallest absolute Gasteiger partial charge is 0.322 e. The summed E-state index contributed by atoms with van der Waals surface area (Å²) in [5.74, 6) is -0.0851. The van der Waals surface area contributed by atoms with Crippen LogP contribution < -0.4 is 10.6 Å². The normalized spacial score (nSPS) is 22.5. The number of rotatable bonds is 5. The van der Waals surface area contributed by atoms with Crippen LogP contribution in [0.25, 0.3) is 10.9 Å². The van der Waals surface area contributed by atoms with Gasteiger partial charge in [0.15, 0.2) is 0 Å². The number of benzene rings is 2. The lowest BCUT2D eigenvalue weighted by Crippen LogP contribution is -2.57. The Labute approximate surface area is 181 Å². The number of piperidine rings is 1. The Kier molecular flexibility index (Phi) is 5.16. The number of hydrogen-bond acceptors (Lipinski definition) is 4. The third-order valence-corrected chi connectivity index (χ3v) is 6.65. The molecule has 0 radical (unpaired) electrons. The summed E-state index contributed by atoms with van der Waals surface area (Å²) >= 11 is 0. The van der Waals surface area contributed by atoms with E-state index in [1.807, 2.05) is 42.6 Å². The Balaban J connectivity index is 1.29. The van der Waals surface area contributed by atoms with Crippen molar-refractivity contribution in [2.75, 3.05) is 13.1 Å². The molecule has 2 N–H and O–H groups in total. The minimum Gasteiger partial charge on any atom is -0.323 e. The molecule has 0 spiro atoms. The van der Waals surface area contributed by atoms with Crippen LogP contribution in [0, 0.1) is 5.92 Å². The minimum atomic E-state index is -0.862. The fourth-order valence-corrected chi connectivity index (χ4v) is 5.04. The summed E-state index contributed by atoms with van der Waals surface area (Å²) in [6.45, 7) is 2.67. The maximum atomic E-state index is 12.9. The fraction of sp³-hybridized carbons (Fsp3) is 0.320. The monoisotopic (exact) mass is 414 g/mol. The quantitative estimate of drug-likeness (QED) is 0.629. The number of aromatic nitrogens is 1. The van der Waals surface area contributed by atoms with Gasteiger partial charge in [-0.05, 0) is 61.2 Å². The molecule has 0 saturated carbocycles. The molecular formula is C25H26N4O2. The summed E-state index contributed by atoms with van der Waals surface area (Å²) in [7, 11) is 0. The average molecular weight is 415 g/mol. The maximum absolute atomic E-state index is 12.9. The Hall–Kier alpha value is -3.25. The molecule has 3 aromatic rings. The Morgan fingerprint density at radius 2 is 1.77 bits per heavy atom. The Morgan fingerprint density at radius 1 is 0.968 bits per heavy atom. The highest BCUT2D eigenvalue weighted by molar-refractivity contribution is 6.07. The van der Waals surface area contributed by atoms with Gasteiger partial charge in [0.05, 0.1) is 5.52 Å². The van der Waals surface area contributed by atoms with Crippen LogP contribution >= 0.6 is 0 Å². The van der Waals surface area contributed by atoms with Gasteiger partial charge < -0.3 is 5.32 Å². The van der Waals surface area contributed by atoms with Crippen molar-refractivity contribution < 1.29 is 9.59 Å². The van der Waals surface area contributed by atoms with E-state index < -0.39 is 5.54 Å². The number of hydrogen-bond donors (Lipinski definition) is 2. The molecule has 2 fully saturated rings. The predicted molar refractivity (Wildman–Crippen MR) is 119 cm³/mol. The van der Waals surface area contributed by atoms with Crippen molar-refractivity contribution in [3.8, 4) is 0 Å². The molecule has 0 aliphatic carbocycles. The van der Waals surface area contributed by atoms with Gasteiger partial charge in [-0.2, -0.15) is 0 Å². The predicted octanol–water partition coefficient (Wildman–Crippen LogP) is 3.27. The van der Waals surface area contributed by atoms with E-state index in [-0.39, 0.29) is 17.9 Å². The number of pyridine rings is 1. The number of amides is 3. The van der Waals surface area contributed by atoms with Crippen LogP contribution in [0.1, 0.15) is 24.0 Å². The highest BCUT2D eigenvalue weighted by Crippen LogP contribution is 2.34. The number of carbonyl (C=O) groups is 2. The van der Waals surface area contributed by atoms with Crippen molar-refractivity contribution in [3.63, 3.8) is 0 Å². The molecule has 3 amide bonds. The third-order valence-electron chi connectivity index (χ3n) is 6.65. The van der Waals surface area contributed by atoms with Gasteiger partial charge in [0.1, 0.15) is 5.54 Å². The van der Waals surface area contributed by atoms with Crippen molar-refractivity contribution in [2.45, 2.75) is 31.3 Å². The van der Waals surface area contributed by atoms with Gasteiger partial charge in [-0.1, -0.05) is 42.5 Å². The maximum Gasteiger partial charge on any atom is 0.322 e. The van der Waals surface area contributed by atoms with Crippen LogP contribution in [0.2, 0.25) is 0 Å². The first kappa shape index (κ1) is 19.7. The molecule has 5 rings (SSSR count). The van der Waals surface area contributed by atoms with Crippen molar-refractivity contribution in [2.24, 2.45) is 5.92 Å². The summed E-state index contributed by atoms with van der Waals surface area (Å²) < 4.78 is 0. The average Bonchev–Trinajstić information content (AvgIpc) is 3.08. The zero-order chi connectivity index (χ0) is 21.3. The van der Waals surface area contributed by atoms with Gasteiger partial charge in [0.2, 0.25) is 0 Å². The van der Waals surface area contributed by atoms with Crippen LogP contribution in [0.5, 0.6) is 0 Å². The molecule has 0 bridgehead atoms. The van der Waals surface area contributed by atoms with Crippen LogP contribution in [0.15, 0.2) is 66.9 Å². The Bertz CT molecular complexity index is 1110. The third kappa shape index (κ3) is 3.91. The molecule has 3 heterocycles. The van der Waals surface area contributed by atoms with Gasteiger partial charge in [-0.15, -0.1) is 0 Å². The molecule has 2 aliphatic rings. The molecule has 0 unspecified atom stereocenters. The number of urea groups is 1. The highest BCUT2D eigenvalue weighted by Gasteiger charge is 2.52. The first-order chi connectivity index (χ1) is 15.1. The summed E-state index contributed by atoms with van der Waals surface area (Å²) in [4.78, 5) is 31.8. The summed E-state index contributed by atoms with van der Waals surface area (Å²) in [6, 6.07) is 20.0. The van der Waals surface area contributed by atoms with E-state index in [0.717, 1.165) is 48.9 Å². The lowest BCUT2D eigenvalue weighted by atomic mass is 9.74. The molecule has 1 atom stereocenters. The number of nitrogens with zero attached hydrogens (tertiary/aromatic N) is 2. The molecule has 2 saturated heterocycles. The van der Waals surface area contributed by atoms with E-state index in [0.29, 0.717) is 6.42 Å². The minimum absolute atomic E-state index is 0.108. The van der Waals surface area contributed by atoms with Crippen LogP contribution in [-0.4, -0.2) is 40.5 Å². The largest absolute Gasteiger partial charge is 0.323 e. The van der Waals surface area contributed by atoms with E-state index >= 15 is 0 Å². The highest BCUT2D eigenvalue weighted by atomic mass is 16.2. The zero-order valence-electron chi connectivity index (χ0n) is 17.4. The van der Waals surface area contributed by atoms with Gasteiger partial charge >= 0.3 is 6.03 Å². The summed E-state index contributed by atoms with van der Waals surface area (Å²) in [5.41, 5.74) is 2.48. The molecule has 6 heteroatoms. The van der Waals surface area contributed by atoms with Crippen LogP contribution in [-0.2, 0) is 17.8 Å². The molecule has 31 heavy (non-hydrogen) atoms. The van der Waals surface area contributed by atoms with E-state index in [4.69, 9.17) is 0 Å². The lowest BCUT2D eigenvalue weighted by molar-refractivity contribution is -0.126. The van der Waals surface area contributed by atoms with Crippen molar-refractivity contribution >= 4 is 22.8 Å². The fourth-order valence-electron chi connectivity index (χ4n) is 5.04. The van der Waals surface area contributed by atoms with Gasteiger partial charge in [-0.25, -0.2) is 4.79 Å². The number of carbonyl (C=O) groups excluding carboxylic acids is 2. The first-order valence-corrected chi connectivity index (χ1v) is 10.9. The molecule has 2 aliphatic heterocycles. The van der Waals surface area contributed by atoms with Gasteiger partial charge in [-0.3, -0.25) is 20.0 Å². The van der Waals surface area contributed by atoms with Gasteiger partial charge in [0.25, 0.3) is 5.91 Å². The first-order valence-electron chi connectivity index (χ1n) is 10.9. The standard InChI is InChI=1S/C25H26N4O2/c30-23-25(28-24(31)27-23,16-18-5-2-1-3-6-18)21-10-13-29(14-11-21)17-19-8-9-22-20(15-19)7-4-12-26-22/h1-9,12,15,21H,10-11,13-14,16-17H2,(H2,27,28,30,31)/t25-/m1/s1. The lowest BCUT2D eigenvalue weighted by Gasteiger charge is -2.40. The number of fused-ring (bicyclic) bond motifs is 1. The molecule has 158 valence electrons. The molecule has 6 nitrogen and oxygen atoms in total. The van der Waals surface area contributed by atoms with Crippen LogP contribution in [0.3, 0.4) is 0 Å². The second-order valence-corrected chi connectivity index (χ2v) is 8.62. The molecule has 1 aromatic heterocycles. The topological polar surface area (TPSA) is 74.3 Å². The van der Waals surface area contributed by atoms with Gasteiger partial charge in [0, 0.05) is 24.5 Å². The number of likely N-dealkylation sites (tertiary alicyclic amines) is 1. The molecule has 2 aromatic carbocycles. The number of imide groups is 1. The summed E-state index contributed by atoms with van der Waals surface area (Å²) in [5, 5.41) is 6.63. The van der Waals surface area contributed by atoms with Crippen molar-refractivity contribution in [3.05, 3.63) is 78.0 Å². The van der Waals surface area contributed by atoms with E-state index in [9.17, 15) is 9.59 Å². The second kappa shape index (κ2) is 8.12.